The monoisotopic (exact) mass is 524 g/mol. The molecule has 0 aromatic rings. The molecule has 1 unspecified atom stereocenters. The van der Waals surface area contributed by atoms with Crippen molar-refractivity contribution in [2.45, 2.75) is 67.5 Å². The van der Waals surface area contributed by atoms with Crippen LogP contribution >= 0.6 is 0 Å². The molecule has 0 aromatic carbocycles. The summed E-state index contributed by atoms with van der Waals surface area (Å²) in [6, 6.07) is 0. The number of rotatable bonds is 7. The minimum Gasteiger partial charge on any atom is -0.462 e. The van der Waals surface area contributed by atoms with Gasteiger partial charge in [-0.3, -0.25) is 4.55 Å². The zero-order valence-corrected chi connectivity index (χ0v) is 17.3. The largest absolute Gasteiger partial charge is 0.462 e. The molecule has 192 valence electrons. The molecule has 0 saturated heterocycles. The Kier molecular flexibility index (Phi) is 5.85. The summed E-state index contributed by atoms with van der Waals surface area (Å²) in [5, 5.41) is -6.65. The van der Waals surface area contributed by atoms with Crippen molar-refractivity contribution >= 4 is 16.1 Å². The third kappa shape index (κ3) is 3.69. The van der Waals surface area contributed by atoms with Crippen LogP contribution in [-0.4, -0.2) is 54.5 Å². The van der Waals surface area contributed by atoms with Gasteiger partial charge in [0.1, 0.15) is 0 Å². The van der Waals surface area contributed by atoms with Crippen molar-refractivity contribution in [3.63, 3.8) is 0 Å². The molecule has 1 atom stereocenters. The lowest BCUT2D eigenvalue weighted by molar-refractivity contribution is -0.404. The van der Waals surface area contributed by atoms with E-state index >= 15 is 0 Å². The number of carbonyl (C=O) groups is 1. The first-order valence-electron chi connectivity index (χ1n) is 9.65. The Morgan fingerprint density at radius 2 is 1.18 bits per heavy atom. The van der Waals surface area contributed by atoms with Crippen molar-refractivity contribution in [1.82, 2.24) is 0 Å². The maximum absolute atomic E-state index is 14.8. The summed E-state index contributed by atoms with van der Waals surface area (Å²) in [5.41, 5.74) is -0.946. The summed E-state index contributed by atoms with van der Waals surface area (Å²) < 4.78 is 169. The maximum Gasteiger partial charge on any atom is 0.460 e. The third-order valence-corrected chi connectivity index (χ3v) is 7.97. The number of alkyl halides is 10. The van der Waals surface area contributed by atoms with E-state index in [0.717, 1.165) is 19.3 Å². The van der Waals surface area contributed by atoms with E-state index < -0.39 is 57.1 Å². The van der Waals surface area contributed by atoms with Crippen molar-refractivity contribution in [3.05, 3.63) is 0 Å². The van der Waals surface area contributed by atoms with E-state index in [2.05, 4.69) is 4.74 Å². The van der Waals surface area contributed by atoms with Crippen LogP contribution in [0.3, 0.4) is 0 Å². The summed E-state index contributed by atoms with van der Waals surface area (Å²) >= 11 is 0. The van der Waals surface area contributed by atoms with Crippen LogP contribution in [-0.2, 0) is 19.6 Å². The zero-order chi connectivity index (χ0) is 25.5. The molecule has 4 rings (SSSR count). The van der Waals surface area contributed by atoms with Crippen LogP contribution in [0.25, 0.3) is 0 Å². The fourth-order valence-electron chi connectivity index (χ4n) is 5.75. The Morgan fingerprint density at radius 1 is 0.788 bits per heavy atom. The molecule has 4 bridgehead atoms. The SMILES string of the molecule is O=C(OCC12CC3CC(CC(C3)C1)C2)C(F)(C(F)(F)C(F)(F)C(F)(F)C(F)(F)F)S(=O)(=O)O. The second-order valence-corrected chi connectivity index (χ2v) is 10.8. The molecular weight excluding hydrogens is 506 g/mol. The Labute approximate surface area is 180 Å². The van der Waals surface area contributed by atoms with Gasteiger partial charge in [-0.2, -0.15) is 47.9 Å². The third-order valence-electron chi connectivity index (χ3n) is 6.84. The number of hydrogen-bond donors (Lipinski definition) is 1. The smallest absolute Gasteiger partial charge is 0.460 e. The van der Waals surface area contributed by atoms with Gasteiger partial charge in [-0.15, -0.1) is 0 Å². The van der Waals surface area contributed by atoms with E-state index in [1.807, 2.05) is 0 Å². The van der Waals surface area contributed by atoms with Crippen molar-refractivity contribution in [2.24, 2.45) is 23.2 Å². The average molecular weight is 524 g/mol. The molecule has 4 fully saturated rings. The van der Waals surface area contributed by atoms with Crippen LogP contribution in [0.15, 0.2) is 0 Å². The van der Waals surface area contributed by atoms with E-state index in [1.165, 1.54) is 0 Å². The van der Waals surface area contributed by atoms with Crippen LogP contribution in [0, 0.1) is 23.2 Å². The highest BCUT2D eigenvalue weighted by molar-refractivity contribution is 7.88. The van der Waals surface area contributed by atoms with Gasteiger partial charge in [-0.25, -0.2) is 9.18 Å². The summed E-state index contributed by atoms with van der Waals surface area (Å²) in [4.78, 5) is 12.0. The van der Waals surface area contributed by atoms with E-state index in [-0.39, 0.29) is 17.8 Å². The summed E-state index contributed by atoms with van der Waals surface area (Å²) in [5.74, 6) is -26.1. The van der Waals surface area contributed by atoms with Gasteiger partial charge in [0.25, 0.3) is 0 Å². The van der Waals surface area contributed by atoms with E-state index in [1.54, 1.807) is 0 Å². The van der Waals surface area contributed by atoms with Gasteiger partial charge in [0.15, 0.2) is 0 Å². The lowest BCUT2D eigenvalue weighted by Gasteiger charge is -2.56. The number of esters is 1. The van der Waals surface area contributed by atoms with Crippen LogP contribution in [0.1, 0.15) is 38.5 Å². The second-order valence-electron chi connectivity index (χ2n) is 9.28. The molecule has 0 aromatic heterocycles. The molecule has 4 aliphatic carbocycles. The van der Waals surface area contributed by atoms with E-state index in [9.17, 15) is 57.1 Å². The fraction of sp³-hybridized carbons (Fsp3) is 0.941. The fourth-order valence-corrected chi connectivity index (χ4v) is 6.47. The molecule has 4 aliphatic rings. The van der Waals surface area contributed by atoms with Gasteiger partial charge < -0.3 is 4.74 Å². The first-order chi connectivity index (χ1) is 14.6. The molecular formula is C17H18F10O5S. The van der Waals surface area contributed by atoms with Gasteiger partial charge in [0.05, 0.1) is 6.61 Å². The molecule has 0 spiro atoms. The van der Waals surface area contributed by atoms with Gasteiger partial charge in [0, 0.05) is 5.41 Å². The number of halogens is 10. The molecule has 0 heterocycles. The van der Waals surface area contributed by atoms with E-state index in [4.69, 9.17) is 4.55 Å². The van der Waals surface area contributed by atoms with Gasteiger partial charge >= 0.3 is 45.0 Å². The van der Waals surface area contributed by atoms with Crippen LogP contribution < -0.4 is 0 Å². The van der Waals surface area contributed by atoms with Gasteiger partial charge in [-0.05, 0) is 56.3 Å². The first-order valence-corrected chi connectivity index (χ1v) is 11.1. The Bertz CT molecular complexity index is 880. The highest BCUT2D eigenvalue weighted by atomic mass is 32.2. The van der Waals surface area contributed by atoms with Crippen LogP contribution in [0.4, 0.5) is 43.9 Å². The van der Waals surface area contributed by atoms with Gasteiger partial charge in [0.2, 0.25) is 0 Å². The highest BCUT2D eigenvalue weighted by Gasteiger charge is 2.91. The Hall–Kier alpha value is -1.32. The second kappa shape index (κ2) is 7.34. The van der Waals surface area contributed by atoms with Crippen molar-refractivity contribution in [3.8, 4) is 0 Å². The number of ether oxygens (including phenoxy) is 1. The van der Waals surface area contributed by atoms with Crippen LogP contribution in [0.5, 0.6) is 0 Å². The predicted octanol–water partition coefficient (Wildman–Crippen LogP) is 4.77. The first kappa shape index (κ1) is 26.3. The van der Waals surface area contributed by atoms with Crippen molar-refractivity contribution in [2.75, 3.05) is 6.61 Å². The predicted molar refractivity (Wildman–Crippen MR) is 87.8 cm³/mol. The molecule has 5 nitrogen and oxygen atoms in total. The number of hydrogen-bond acceptors (Lipinski definition) is 4. The van der Waals surface area contributed by atoms with E-state index in [0.29, 0.717) is 19.3 Å². The molecule has 0 radical (unpaired) electrons. The topological polar surface area (TPSA) is 80.7 Å². The lowest BCUT2D eigenvalue weighted by atomic mass is 9.50. The highest BCUT2D eigenvalue weighted by Crippen LogP contribution is 2.61. The number of carbonyl (C=O) groups excluding carboxylic acids is 1. The maximum atomic E-state index is 14.8. The van der Waals surface area contributed by atoms with Crippen molar-refractivity contribution < 1.29 is 66.4 Å². The lowest BCUT2D eigenvalue weighted by Crippen LogP contribution is -2.71. The molecule has 0 aliphatic heterocycles. The minimum atomic E-state index is -7.82. The minimum absolute atomic E-state index is 0.128. The molecule has 4 saturated carbocycles. The summed E-state index contributed by atoms with van der Waals surface area (Å²) in [6.45, 7) is -0.964. The summed E-state index contributed by atoms with van der Waals surface area (Å²) in [7, 11) is -7.36. The quantitative estimate of drug-likeness (QED) is 0.295. The molecule has 16 heteroatoms. The normalized spacial score (nSPS) is 32.5. The standard InChI is InChI=1S/C17H18F10O5S/c18-13(33(29,30)31,14(19,20)15(21,22)16(23,24)17(25,26)27)11(28)32-7-12-4-8-1-9(5-12)3-10(2-8)6-12/h8-10H,1-7H2,(H,29,30,31). The van der Waals surface area contributed by atoms with Crippen LogP contribution in [0.2, 0.25) is 0 Å². The zero-order valence-electron chi connectivity index (χ0n) is 16.4. The Balaban J connectivity index is 1.93. The molecule has 0 amide bonds. The molecule has 33 heavy (non-hydrogen) atoms. The molecule has 1 N–H and O–H groups in total. The summed E-state index contributed by atoms with van der Waals surface area (Å²) in [6.07, 6.45) is -3.95. The van der Waals surface area contributed by atoms with Crippen molar-refractivity contribution in [1.29, 1.82) is 0 Å². The Morgan fingerprint density at radius 3 is 1.52 bits per heavy atom. The average Bonchev–Trinajstić information content (AvgIpc) is 2.62. The van der Waals surface area contributed by atoms with Gasteiger partial charge in [-0.1, -0.05) is 0 Å².